The second-order valence-electron chi connectivity index (χ2n) is 4.59. The molecule has 2 N–H and O–H groups in total. The van der Waals surface area contributed by atoms with Crippen molar-refractivity contribution in [3.8, 4) is 0 Å². The van der Waals surface area contributed by atoms with Gasteiger partial charge in [-0.1, -0.05) is 24.3 Å². The van der Waals surface area contributed by atoms with Gasteiger partial charge in [0.15, 0.2) is 0 Å². The molecule has 0 radical (unpaired) electrons. The predicted octanol–water partition coefficient (Wildman–Crippen LogP) is 3.01. The maximum atomic E-state index is 10.9. The van der Waals surface area contributed by atoms with E-state index in [9.17, 15) is 10.1 Å². The highest BCUT2D eigenvalue weighted by molar-refractivity contribution is 5.47. The van der Waals surface area contributed by atoms with E-state index in [2.05, 4.69) is 5.32 Å². The Morgan fingerprint density at radius 2 is 1.80 bits per heavy atom. The Morgan fingerprint density at radius 3 is 2.40 bits per heavy atom. The lowest BCUT2D eigenvalue weighted by molar-refractivity contribution is -0.385. The number of nitro groups is 1. The van der Waals surface area contributed by atoms with E-state index in [1.807, 2.05) is 30.3 Å². The average Bonchev–Trinajstić information content (AvgIpc) is 2.46. The largest absolute Gasteiger partial charge is 0.392 e. The van der Waals surface area contributed by atoms with Crippen molar-refractivity contribution in [3.63, 3.8) is 0 Å². The molecule has 0 saturated carbocycles. The van der Waals surface area contributed by atoms with Crippen LogP contribution in [-0.2, 0) is 13.2 Å². The molecule has 2 aromatic carbocycles. The molecule has 0 saturated heterocycles. The van der Waals surface area contributed by atoms with E-state index < -0.39 is 0 Å². The summed E-state index contributed by atoms with van der Waals surface area (Å²) in [6, 6.07) is 12.6. The Labute approximate surface area is 117 Å². The van der Waals surface area contributed by atoms with Crippen molar-refractivity contribution in [1.29, 1.82) is 0 Å². The average molecular weight is 272 g/mol. The highest BCUT2D eigenvalue weighted by Gasteiger charge is 2.10. The van der Waals surface area contributed by atoms with Crippen LogP contribution in [0.2, 0.25) is 0 Å². The Bertz CT molecular complexity index is 609. The van der Waals surface area contributed by atoms with Crippen LogP contribution in [0.4, 0.5) is 11.4 Å². The fourth-order valence-corrected chi connectivity index (χ4v) is 1.89. The van der Waals surface area contributed by atoms with Crippen LogP contribution < -0.4 is 5.32 Å². The molecule has 5 heteroatoms. The van der Waals surface area contributed by atoms with Gasteiger partial charge in [0, 0.05) is 23.9 Å². The first-order chi connectivity index (χ1) is 9.60. The summed E-state index contributed by atoms with van der Waals surface area (Å²) >= 11 is 0. The second kappa shape index (κ2) is 6.16. The van der Waals surface area contributed by atoms with Crippen molar-refractivity contribution in [2.45, 2.75) is 20.1 Å². The van der Waals surface area contributed by atoms with E-state index in [1.165, 1.54) is 0 Å². The third-order valence-electron chi connectivity index (χ3n) is 3.10. The van der Waals surface area contributed by atoms with Crippen LogP contribution in [-0.4, -0.2) is 10.0 Å². The molecule has 0 spiro atoms. The molecule has 0 unspecified atom stereocenters. The highest BCUT2D eigenvalue weighted by atomic mass is 16.6. The molecule has 0 heterocycles. The van der Waals surface area contributed by atoms with Crippen LogP contribution >= 0.6 is 0 Å². The minimum absolute atomic E-state index is 0.0183. The van der Waals surface area contributed by atoms with Gasteiger partial charge in [0.2, 0.25) is 0 Å². The molecule has 0 aliphatic heterocycles. The molecule has 2 rings (SSSR count). The smallest absolute Gasteiger partial charge is 0.272 e. The summed E-state index contributed by atoms with van der Waals surface area (Å²) in [5, 5.41) is 23.0. The van der Waals surface area contributed by atoms with Crippen molar-refractivity contribution >= 4 is 11.4 Å². The Kier molecular flexibility index (Phi) is 4.32. The molecule has 20 heavy (non-hydrogen) atoms. The SMILES string of the molecule is Cc1ccc(CNc2ccc(CO)cc2)cc1[N+](=O)[O-]. The van der Waals surface area contributed by atoms with Crippen molar-refractivity contribution in [2.24, 2.45) is 0 Å². The van der Waals surface area contributed by atoms with Crippen LogP contribution in [0.1, 0.15) is 16.7 Å². The van der Waals surface area contributed by atoms with Gasteiger partial charge in [0.25, 0.3) is 5.69 Å². The van der Waals surface area contributed by atoms with Gasteiger partial charge < -0.3 is 10.4 Å². The number of rotatable bonds is 5. The number of benzene rings is 2. The van der Waals surface area contributed by atoms with E-state index in [-0.39, 0.29) is 17.2 Å². The first kappa shape index (κ1) is 14.0. The normalized spacial score (nSPS) is 10.3. The summed E-state index contributed by atoms with van der Waals surface area (Å²) in [5.41, 5.74) is 3.41. The zero-order chi connectivity index (χ0) is 14.5. The van der Waals surface area contributed by atoms with E-state index in [0.717, 1.165) is 16.8 Å². The van der Waals surface area contributed by atoms with Gasteiger partial charge in [0.05, 0.1) is 11.5 Å². The number of aliphatic hydroxyl groups is 1. The number of nitrogens with zero attached hydrogens (tertiary/aromatic N) is 1. The molecular weight excluding hydrogens is 256 g/mol. The van der Waals surface area contributed by atoms with Gasteiger partial charge in [-0.2, -0.15) is 0 Å². The Hall–Kier alpha value is -2.40. The maximum absolute atomic E-state index is 10.9. The van der Waals surface area contributed by atoms with Crippen LogP contribution in [0, 0.1) is 17.0 Å². The van der Waals surface area contributed by atoms with E-state index in [1.54, 1.807) is 19.1 Å². The van der Waals surface area contributed by atoms with Gasteiger partial charge in [-0.3, -0.25) is 10.1 Å². The monoisotopic (exact) mass is 272 g/mol. The van der Waals surface area contributed by atoms with Gasteiger partial charge in [-0.15, -0.1) is 0 Å². The van der Waals surface area contributed by atoms with Crippen molar-refractivity contribution in [1.82, 2.24) is 0 Å². The second-order valence-corrected chi connectivity index (χ2v) is 4.59. The molecule has 0 aliphatic carbocycles. The lowest BCUT2D eigenvalue weighted by atomic mass is 10.1. The molecule has 2 aromatic rings. The topological polar surface area (TPSA) is 75.4 Å². The van der Waals surface area contributed by atoms with Crippen LogP contribution in [0.25, 0.3) is 0 Å². The summed E-state index contributed by atoms with van der Waals surface area (Å²) in [7, 11) is 0. The summed E-state index contributed by atoms with van der Waals surface area (Å²) in [5.74, 6) is 0. The minimum atomic E-state index is -0.366. The summed E-state index contributed by atoms with van der Waals surface area (Å²) in [6.45, 7) is 2.26. The molecule has 0 aliphatic rings. The number of nitrogens with one attached hydrogen (secondary N) is 1. The fraction of sp³-hybridized carbons (Fsp3) is 0.200. The zero-order valence-electron chi connectivity index (χ0n) is 11.2. The summed E-state index contributed by atoms with van der Waals surface area (Å²) in [6.07, 6.45) is 0. The highest BCUT2D eigenvalue weighted by Crippen LogP contribution is 2.20. The minimum Gasteiger partial charge on any atom is -0.392 e. The number of hydrogen-bond donors (Lipinski definition) is 2. The Balaban J connectivity index is 2.06. The maximum Gasteiger partial charge on any atom is 0.272 e. The predicted molar refractivity (Wildman–Crippen MR) is 77.5 cm³/mol. The lowest BCUT2D eigenvalue weighted by Crippen LogP contribution is -2.01. The van der Waals surface area contributed by atoms with Gasteiger partial charge >= 0.3 is 0 Å². The third-order valence-corrected chi connectivity index (χ3v) is 3.10. The van der Waals surface area contributed by atoms with Crippen molar-refractivity contribution in [2.75, 3.05) is 5.32 Å². The molecular formula is C15H16N2O3. The van der Waals surface area contributed by atoms with Crippen molar-refractivity contribution < 1.29 is 10.0 Å². The molecule has 0 fully saturated rings. The molecule has 104 valence electrons. The van der Waals surface area contributed by atoms with Crippen LogP contribution in [0.15, 0.2) is 42.5 Å². The fourth-order valence-electron chi connectivity index (χ4n) is 1.89. The molecule has 0 aromatic heterocycles. The van der Waals surface area contributed by atoms with Gasteiger partial charge in [0.1, 0.15) is 0 Å². The number of aryl methyl sites for hydroxylation is 1. The quantitative estimate of drug-likeness (QED) is 0.648. The number of aliphatic hydroxyl groups excluding tert-OH is 1. The first-order valence-corrected chi connectivity index (χ1v) is 6.28. The number of hydrogen-bond acceptors (Lipinski definition) is 4. The molecule has 5 nitrogen and oxygen atoms in total. The standard InChI is InChI=1S/C15H16N2O3/c1-11-2-3-13(8-15(11)17(19)20)9-16-14-6-4-12(10-18)5-7-14/h2-8,16,18H,9-10H2,1H3. The van der Waals surface area contributed by atoms with Crippen LogP contribution in [0.3, 0.4) is 0 Å². The van der Waals surface area contributed by atoms with E-state index in [4.69, 9.17) is 5.11 Å². The molecule has 0 atom stereocenters. The number of nitro benzene ring substituents is 1. The van der Waals surface area contributed by atoms with Gasteiger partial charge in [-0.25, -0.2) is 0 Å². The summed E-state index contributed by atoms with van der Waals surface area (Å²) < 4.78 is 0. The van der Waals surface area contributed by atoms with E-state index >= 15 is 0 Å². The third kappa shape index (κ3) is 3.33. The van der Waals surface area contributed by atoms with Crippen molar-refractivity contribution in [3.05, 3.63) is 69.3 Å². The Morgan fingerprint density at radius 1 is 1.15 bits per heavy atom. The first-order valence-electron chi connectivity index (χ1n) is 6.28. The number of anilines is 1. The van der Waals surface area contributed by atoms with Crippen LogP contribution in [0.5, 0.6) is 0 Å². The van der Waals surface area contributed by atoms with E-state index in [0.29, 0.717) is 12.1 Å². The summed E-state index contributed by atoms with van der Waals surface area (Å²) in [4.78, 5) is 10.5. The lowest BCUT2D eigenvalue weighted by Gasteiger charge is -2.08. The zero-order valence-corrected chi connectivity index (χ0v) is 11.2. The molecule has 0 amide bonds. The molecule has 0 bridgehead atoms. The van der Waals surface area contributed by atoms with Gasteiger partial charge in [-0.05, 0) is 30.2 Å².